The SMILES string of the molecule is O=C(NCC(F)(F)F)[C@@H]1CCCN(c2nc3ccccn3c2[N+](=O)[O-])C1. The molecule has 1 fully saturated rings. The van der Waals surface area contributed by atoms with Crippen LogP contribution in [0.2, 0.25) is 0 Å². The van der Waals surface area contributed by atoms with Gasteiger partial charge in [0.1, 0.15) is 6.54 Å². The number of hydrogen-bond donors (Lipinski definition) is 1. The molecule has 0 unspecified atom stereocenters. The molecular formula is C15H16F3N5O3. The second-order valence-corrected chi connectivity index (χ2v) is 6.06. The number of nitrogens with one attached hydrogen (secondary N) is 1. The molecule has 1 saturated heterocycles. The standard InChI is InChI=1S/C15H16F3N5O3/c16-15(17,18)9-19-13(24)10-4-3-6-21(8-10)12-14(23(25)26)22-7-2-1-5-11(22)20-12/h1-2,5,7,10H,3-4,6,8-9H2,(H,19,24)/t10-/m1/s1. The van der Waals surface area contributed by atoms with Crippen LogP contribution in [0, 0.1) is 16.0 Å². The molecule has 1 aliphatic rings. The Bertz CT molecular complexity index is 836. The number of carbonyl (C=O) groups excluding carboxylic acids is 1. The van der Waals surface area contributed by atoms with Crippen LogP contribution in [0.1, 0.15) is 12.8 Å². The van der Waals surface area contributed by atoms with E-state index in [1.165, 1.54) is 10.6 Å². The summed E-state index contributed by atoms with van der Waals surface area (Å²) in [5.41, 5.74) is 0.387. The van der Waals surface area contributed by atoms with E-state index in [9.17, 15) is 28.1 Å². The second-order valence-electron chi connectivity index (χ2n) is 6.06. The summed E-state index contributed by atoms with van der Waals surface area (Å²) in [6.45, 7) is -0.876. The number of fused-ring (bicyclic) bond motifs is 1. The lowest BCUT2D eigenvalue weighted by atomic mass is 9.97. The van der Waals surface area contributed by atoms with Gasteiger partial charge in [-0.05, 0) is 23.8 Å². The van der Waals surface area contributed by atoms with Crippen molar-refractivity contribution in [3.63, 3.8) is 0 Å². The van der Waals surface area contributed by atoms with Crippen LogP contribution >= 0.6 is 0 Å². The van der Waals surface area contributed by atoms with Crippen molar-refractivity contribution in [2.24, 2.45) is 5.92 Å². The number of carbonyl (C=O) groups is 1. The number of aromatic nitrogens is 2. The molecule has 0 aromatic carbocycles. The monoisotopic (exact) mass is 371 g/mol. The van der Waals surface area contributed by atoms with E-state index < -0.39 is 29.5 Å². The lowest BCUT2D eigenvalue weighted by molar-refractivity contribution is -0.389. The van der Waals surface area contributed by atoms with Crippen molar-refractivity contribution in [2.45, 2.75) is 19.0 Å². The third-order valence-corrected chi connectivity index (χ3v) is 4.21. The molecule has 3 rings (SSSR count). The van der Waals surface area contributed by atoms with E-state index >= 15 is 0 Å². The predicted molar refractivity (Wildman–Crippen MR) is 85.8 cm³/mol. The third kappa shape index (κ3) is 3.70. The number of halogens is 3. The first-order valence-electron chi connectivity index (χ1n) is 7.97. The van der Waals surface area contributed by atoms with Gasteiger partial charge in [-0.2, -0.15) is 22.6 Å². The number of nitro groups is 1. The first-order valence-corrected chi connectivity index (χ1v) is 7.97. The molecule has 2 aromatic rings. The summed E-state index contributed by atoms with van der Waals surface area (Å²) in [7, 11) is 0. The van der Waals surface area contributed by atoms with Gasteiger partial charge in [0.25, 0.3) is 0 Å². The molecule has 1 atom stereocenters. The number of anilines is 1. The zero-order valence-corrected chi connectivity index (χ0v) is 13.6. The van der Waals surface area contributed by atoms with Crippen LogP contribution in [0.15, 0.2) is 24.4 Å². The first-order chi connectivity index (χ1) is 12.3. The zero-order valence-electron chi connectivity index (χ0n) is 13.6. The number of piperidine rings is 1. The van der Waals surface area contributed by atoms with Crippen LogP contribution in [0.25, 0.3) is 5.65 Å². The highest BCUT2D eigenvalue weighted by atomic mass is 19.4. The summed E-state index contributed by atoms with van der Waals surface area (Å²) >= 11 is 0. The zero-order chi connectivity index (χ0) is 18.9. The van der Waals surface area contributed by atoms with Crippen molar-refractivity contribution >= 4 is 23.2 Å². The molecule has 0 saturated carbocycles. The fourth-order valence-electron chi connectivity index (χ4n) is 3.07. The van der Waals surface area contributed by atoms with Gasteiger partial charge < -0.3 is 20.3 Å². The quantitative estimate of drug-likeness (QED) is 0.657. The predicted octanol–water partition coefficient (Wildman–Crippen LogP) is 2.14. The first kappa shape index (κ1) is 18.0. The molecule has 0 spiro atoms. The summed E-state index contributed by atoms with van der Waals surface area (Å²) in [5.74, 6) is -1.50. The molecule has 1 amide bonds. The third-order valence-electron chi connectivity index (χ3n) is 4.21. The summed E-state index contributed by atoms with van der Waals surface area (Å²) < 4.78 is 38.2. The van der Waals surface area contributed by atoms with Gasteiger partial charge in [-0.1, -0.05) is 6.07 Å². The van der Waals surface area contributed by atoms with Gasteiger partial charge in [-0.25, -0.2) is 0 Å². The Hall–Kier alpha value is -2.85. The molecule has 0 bridgehead atoms. The highest BCUT2D eigenvalue weighted by Gasteiger charge is 2.34. The maximum absolute atomic E-state index is 12.3. The van der Waals surface area contributed by atoms with Crippen LogP contribution in [0.4, 0.5) is 24.8 Å². The van der Waals surface area contributed by atoms with Gasteiger partial charge in [-0.15, -0.1) is 0 Å². The van der Waals surface area contributed by atoms with Crippen LogP contribution in [-0.2, 0) is 4.79 Å². The van der Waals surface area contributed by atoms with E-state index in [0.717, 1.165) is 0 Å². The van der Waals surface area contributed by atoms with Crippen molar-refractivity contribution in [3.05, 3.63) is 34.5 Å². The highest BCUT2D eigenvalue weighted by molar-refractivity contribution is 5.80. The summed E-state index contributed by atoms with van der Waals surface area (Å²) in [6.07, 6.45) is -2.03. The summed E-state index contributed by atoms with van der Waals surface area (Å²) in [5, 5.41) is 13.4. The van der Waals surface area contributed by atoms with Gasteiger partial charge in [0.2, 0.25) is 17.4 Å². The Kier molecular flexibility index (Phi) is 4.70. The average molecular weight is 371 g/mol. The molecule has 26 heavy (non-hydrogen) atoms. The van der Waals surface area contributed by atoms with Crippen molar-refractivity contribution < 1.29 is 22.9 Å². The van der Waals surface area contributed by atoms with E-state index in [1.54, 1.807) is 23.1 Å². The maximum Gasteiger partial charge on any atom is 0.405 e. The molecule has 11 heteroatoms. The molecule has 1 aliphatic heterocycles. The Balaban J connectivity index is 1.82. The average Bonchev–Trinajstić information content (AvgIpc) is 2.99. The Morgan fingerprint density at radius 1 is 1.42 bits per heavy atom. The largest absolute Gasteiger partial charge is 0.405 e. The van der Waals surface area contributed by atoms with Crippen LogP contribution in [0.5, 0.6) is 0 Å². The van der Waals surface area contributed by atoms with Crippen LogP contribution in [-0.4, -0.2) is 46.0 Å². The van der Waals surface area contributed by atoms with Crippen LogP contribution < -0.4 is 10.2 Å². The van der Waals surface area contributed by atoms with E-state index in [1.807, 2.05) is 5.32 Å². The molecule has 0 radical (unpaired) electrons. The van der Waals surface area contributed by atoms with Gasteiger partial charge >= 0.3 is 12.0 Å². The van der Waals surface area contributed by atoms with Crippen molar-refractivity contribution in [2.75, 3.05) is 24.5 Å². The van der Waals surface area contributed by atoms with Gasteiger partial charge in [-0.3, -0.25) is 4.79 Å². The fourth-order valence-corrected chi connectivity index (χ4v) is 3.07. The molecular weight excluding hydrogens is 355 g/mol. The van der Waals surface area contributed by atoms with Crippen molar-refractivity contribution in [3.8, 4) is 0 Å². The van der Waals surface area contributed by atoms with Crippen molar-refractivity contribution in [1.82, 2.24) is 14.7 Å². The fraction of sp³-hybridized carbons (Fsp3) is 0.467. The summed E-state index contributed by atoms with van der Waals surface area (Å²) in [4.78, 5) is 28.8. The van der Waals surface area contributed by atoms with E-state index in [2.05, 4.69) is 4.98 Å². The molecule has 0 aliphatic carbocycles. The van der Waals surface area contributed by atoms with Gasteiger partial charge in [0, 0.05) is 19.2 Å². The smallest absolute Gasteiger partial charge is 0.358 e. The normalized spacial score (nSPS) is 18.1. The Morgan fingerprint density at radius 3 is 2.88 bits per heavy atom. The number of nitrogens with zero attached hydrogens (tertiary/aromatic N) is 4. The number of alkyl halides is 3. The van der Waals surface area contributed by atoms with Crippen molar-refractivity contribution in [1.29, 1.82) is 0 Å². The van der Waals surface area contributed by atoms with Gasteiger partial charge in [0.05, 0.1) is 12.1 Å². The summed E-state index contributed by atoms with van der Waals surface area (Å²) in [6, 6.07) is 4.95. The molecule has 3 heterocycles. The molecule has 140 valence electrons. The minimum absolute atomic E-state index is 0.0778. The van der Waals surface area contributed by atoms with Crippen LogP contribution in [0.3, 0.4) is 0 Å². The Labute approximate surface area is 145 Å². The topological polar surface area (TPSA) is 92.8 Å². The number of rotatable bonds is 4. The maximum atomic E-state index is 12.3. The molecule has 1 N–H and O–H groups in total. The lowest BCUT2D eigenvalue weighted by Gasteiger charge is -2.31. The Morgan fingerprint density at radius 2 is 2.19 bits per heavy atom. The minimum Gasteiger partial charge on any atom is -0.358 e. The van der Waals surface area contributed by atoms with E-state index in [4.69, 9.17) is 0 Å². The second kappa shape index (κ2) is 6.81. The van der Waals surface area contributed by atoms with E-state index in [0.29, 0.717) is 25.0 Å². The minimum atomic E-state index is -4.48. The molecule has 2 aromatic heterocycles. The van der Waals surface area contributed by atoms with E-state index in [-0.39, 0.29) is 18.2 Å². The number of amides is 1. The number of pyridine rings is 1. The van der Waals surface area contributed by atoms with Gasteiger partial charge in [0.15, 0.2) is 0 Å². The highest BCUT2D eigenvalue weighted by Crippen LogP contribution is 2.32. The molecule has 8 nitrogen and oxygen atoms in total. The lowest BCUT2D eigenvalue weighted by Crippen LogP contribution is -2.45. The number of hydrogen-bond acceptors (Lipinski definition) is 5. The number of imidazole rings is 1.